The van der Waals surface area contributed by atoms with Crippen molar-refractivity contribution in [3.8, 4) is 11.3 Å². The topological polar surface area (TPSA) is 81.4 Å². The molecule has 1 N–H and O–H groups in total. The van der Waals surface area contributed by atoms with Crippen LogP contribution in [-0.4, -0.2) is 30.5 Å². The maximum absolute atomic E-state index is 11.6. The SMILES string of the molecule is COC(=O)CNC(=O)CCc1ncc(-c2ccccc2Cl)o1. The first-order valence-electron chi connectivity index (χ1n) is 6.63. The van der Waals surface area contributed by atoms with Crippen LogP contribution in [0.1, 0.15) is 12.3 Å². The lowest BCUT2D eigenvalue weighted by molar-refractivity contribution is -0.141. The Labute approximate surface area is 132 Å². The zero-order valence-electron chi connectivity index (χ0n) is 12.0. The number of rotatable bonds is 6. The van der Waals surface area contributed by atoms with Crippen molar-refractivity contribution in [2.75, 3.05) is 13.7 Å². The monoisotopic (exact) mass is 322 g/mol. The van der Waals surface area contributed by atoms with Crippen molar-refractivity contribution in [2.24, 2.45) is 0 Å². The number of benzene rings is 1. The predicted octanol–water partition coefficient (Wildman–Crippen LogP) is 2.22. The number of nitrogens with one attached hydrogen (secondary N) is 1. The molecule has 2 rings (SSSR count). The number of nitrogens with zero attached hydrogens (tertiary/aromatic N) is 1. The first-order chi connectivity index (χ1) is 10.6. The van der Waals surface area contributed by atoms with Gasteiger partial charge in [-0.25, -0.2) is 4.98 Å². The van der Waals surface area contributed by atoms with Crippen LogP contribution in [-0.2, 0) is 20.7 Å². The molecule has 0 fully saturated rings. The van der Waals surface area contributed by atoms with E-state index in [1.54, 1.807) is 12.3 Å². The van der Waals surface area contributed by atoms with Gasteiger partial charge in [0.1, 0.15) is 6.54 Å². The molecule has 0 bridgehead atoms. The molecular weight excluding hydrogens is 308 g/mol. The summed E-state index contributed by atoms with van der Waals surface area (Å²) in [6.07, 6.45) is 2.07. The largest absolute Gasteiger partial charge is 0.468 e. The van der Waals surface area contributed by atoms with Crippen molar-refractivity contribution in [1.82, 2.24) is 10.3 Å². The number of esters is 1. The van der Waals surface area contributed by atoms with Crippen molar-refractivity contribution >= 4 is 23.5 Å². The summed E-state index contributed by atoms with van der Waals surface area (Å²) in [7, 11) is 1.26. The number of methoxy groups -OCH3 is 1. The molecule has 0 saturated heterocycles. The van der Waals surface area contributed by atoms with Gasteiger partial charge in [-0.3, -0.25) is 9.59 Å². The molecule has 0 aliphatic rings. The normalized spacial score (nSPS) is 10.3. The summed E-state index contributed by atoms with van der Waals surface area (Å²) >= 11 is 6.08. The number of aryl methyl sites for hydroxylation is 1. The second-order valence-electron chi connectivity index (χ2n) is 4.45. The third-order valence-electron chi connectivity index (χ3n) is 2.92. The van der Waals surface area contributed by atoms with Crippen LogP contribution in [0.5, 0.6) is 0 Å². The maximum atomic E-state index is 11.6. The maximum Gasteiger partial charge on any atom is 0.325 e. The highest BCUT2D eigenvalue weighted by molar-refractivity contribution is 6.33. The fraction of sp³-hybridized carbons (Fsp3) is 0.267. The standard InChI is InChI=1S/C15H15ClN2O4/c1-21-15(20)9-17-13(19)6-7-14-18-8-12(22-14)10-4-2-3-5-11(10)16/h2-5,8H,6-7,9H2,1H3,(H,17,19). The Hall–Kier alpha value is -2.34. The van der Waals surface area contributed by atoms with E-state index in [2.05, 4.69) is 15.0 Å². The van der Waals surface area contributed by atoms with E-state index in [-0.39, 0.29) is 18.9 Å². The molecular formula is C15H15ClN2O4. The quantitative estimate of drug-likeness (QED) is 0.825. The van der Waals surface area contributed by atoms with E-state index in [9.17, 15) is 9.59 Å². The van der Waals surface area contributed by atoms with Gasteiger partial charge >= 0.3 is 5.97 Å². The first-order valence-corrected chi connectivity index (χ1v) is 7.01. The summed E-state index contributed by atoms with van der Waals surface area (Å²) in [5.41, 5.74) is 0.748. The number of hydrogen-bond acceptors (Lipinski definition) is 5. The third kappa shape index (κ3) is 4.33. The highest BCUT2D eigenvalue weighted by Crippen LogP contribution is 2.28. The van der Waals surface area contributed by atoms with E-state index in [1.165, 1.54) is 7.11 Å². The van der Waals surface area contributed by atoms with Gasteiger partial charge in [-0.05, 0) is 12.1 Å². The molecule has 0 aliphatic carbocycles. The van der Waals surface area contributed by atoms with Gasteiger partial charge in [-0.1, -0.05) is 23.7 Å². The number of hydrogen-bond donors (Lipinski definition) is 1. The molecule has 6 nitrogen and oxygen atoms in total. The van der Waals surface area contributed by atoms with Crippen molar-refractivity contribution in [3.05, 3.63) is 41.4 Å². The van der Waals surface area contributed by atoms with E-state index < -0.39 is 5.97 Å². The molecule has 0 spiro atoms. The number of aromatic nitrogens is 1. The highest BCUT2D eigenvalue weighted by atomic mass is 35.5. The predicted molar refractivity (Wildman–Crippen MR) is 80.3 cm³/mol. The molecule has 1 heterocycles. The number of halogens is 1. The Kier molecular flexibility index (Phi) is 5.55. The van der Waals surface area contributed by atoms with E-state index in [4.69, 9.17) is 16.0 Å². The summed E-state index contributed by atoms with van der Waals surface area (Å²) < 4.78 is 10.0. The molecule has 1 amide bonds. The molecule has 116 valence electrons. The highest BCUT2D eigenvalue weighted by Gasteiger charge is 2.11. The van der Waals surface area contributed by atoms with Gasteiger partial charge < -0.3 is 14.5 Å². The van der Waals surface area contributed by atoms with Crippen LogP contribution in [0.2, 0.25) is 5.02 Å². The molecule has 22 heavy (non-hydrogen) atoms. The minimum absolute atomic E-state index is 0.147. The lowest BCUT2D eigenvalue weighted by Gasteiger charge is -2.02. The summed E-state index contributed by atoms with van der Waals surface area (Å²) in [5.74, 6) is 0.215. The number of carbonyl (C=O) groups is 2. The Bertz CT molecular complexity index is 669. The van der Waals surface area contributed by atoms with Crippen LogP contribution in [0.25, 0.3) is 11.3 Å². The average Bonchev–Trinajstić information content (AvgIpc) is 2.99. The van der Waals surface area contributed by atoms with Gasteiger partial charge in [0, 0.05) is 18.4 Å². The summed E-state index contributed by atoms with van der Waals surface area (Å²) in [5, 5.41) is 3.02. The van der Waals surface area contributed by atoms with Gasteiger partial charge in [-0.2, -0.15) is 0 Å². The third-order valence-corrected chi connectivity index (χ3v) is 3.25. The lowest BCUT2D eigenvalue weighted by Crippen LogP contribution is -2.30. The van der Waals surface area contributed by atoms with Gasteiger partial charge in [0.05, 0.1) is 18.3 Å². The van der Waals surface area contributed by atoms with Crippen LogP contribution < -0.4 is 5.32 Å². The molecule has 0 atom stereocenters. The number of ether oxygens (including phenoxy) is 1. The zero-order chi connectivity index (χ0) is 15.9. The van der Waals surface area contributed by atoms with Crippen molar-refractivity contribution < 1.29 is 18.7 Å². The Morgan fingerprint density at radius 3 is 2.86 bits per heavy atom. The van der Waals surface area contributed by atoms with Crippen LogP contribution in [0.4, 0.5) is 0 Å². The second-order valence-corrected chi connectivity index (χ2v) is 4.86. The molecule has 2 aromatic rings. The lowest BCUT2D eigenvalue weighted by atomic mass is 10.2. The number of oxazole rings is 1. The van der Waals surface area contributed by atoms with E-state index >= 15 is 0 Å². The van der Waals surface area contributed by atoms with E-state index in [0.717, 1.165) is 5.56 Å². The summed E-state index contributed by atoms with van der Waals surface area (Å²) in [6.45, 7) is -0.147. The number of amides is 1. The second kappa shape index (κ2) is 7.61. The molecule has 0 saturated carbocycles. The Morgan fingerprint density at radius 1 is 1.36 bits per heavy atom. The number of carbonyl (C=O) groups excluding carboxylic acids is 2. The van der Waals surface area contributed by atoms with Gasteiger partial charge in [0.2, 0.25) is 5.91 Å². The minimum Gasteiger partial charge on any atom is -0.468 e. The van der Waals surface area contributed by atoms with Crippen LogP contribution in [0, 0.1) is 0 Å². The average molecular weight is 323 g/mol. The van der Waals surface area contributed by atoms with E-state index in [0.29, 0.717) is 23.1 Å². The molecule has 7 heteroatoms. The Balaban J connectivity index is 1.89. The van der Waals surface area contributed by atoms with Crippen LogP contribution in [0.15, 0.2) is 34.9 Å². The van der Waals surface area contributed by atoms with E-state index in [1.807, 2.05) is 18.2 Å². The Morgan fingerprint density at radius 2 is 2.14 bits per heavy atom. The van der Waals surface area contributed by atoms with Gasteiger partial charge in [0.15, 0.2) is 11.7 Å². The van der Waals surface area contributed by atoms with Gasteiger partial charge in [0.25, 0.3) is 0 Å². The zero-order valence-corrected chi connectivity index (χ0v) is 12.7. The van der Waals surface area contributed by atoms with Gasteiger partial charge in [-0.15, -0.1) is 0 Å². The molecule has 1 aromatic carbocycles. The summed E-state index contributed by atoms with van der Waals surface area (Å²) in [6, 6.07) is 7.27. The fourth-order valence-corrected chi connectivity index (χ4v) is 1.99. The summed E-state index contributed by atoms with van der Waals surface area (Å²) in [4.78, 5) is 26.6. The molecule has 0 unspecified atom stereocenters. The van der Waals surface area contributed by atoms with Crippen molar-refractivity contribution in [3.63, 3.8) is 0 Å². The molecule has 0 aliphatic heterocycles. The van der Waals surface area contributed by atoms with Crippen LogP contribution >= 0.6 is 11.6 Å². The fourth-order valence-electron chi connectivity index (χ4n) is 1.76. The minimum atomic E-state index is -0.495. The van der Waals surface area contributed by atoms with Crippen LogP contribution in [0.3, 0.4) is 0 Å². The first kappa shape index (κ1) is 16.0. The van der Waals surface area contributed by atoms with Crippen molar-refractivity contribution in [2.45, 2.75) is 12.8 Å². The smallest absolute Gasteiger partial charge is 0.325 e. The molecule has 0 radical (unpaired) electrons. The molecule has 1 aromatic heterocycles. The van der Waals surface area contributed by atoms with Crippen molar-refractivity contribution in [1.29, 1.82) is 0 Å².